The van der Waals surface area contributed by atoms with Crippen LogP contribution in [0, 0.1) is 0 Å². The fourth-order valence-electron chi connectivity index (χ4n) is 2.70. The molecular formula is C16H19N3O. The summed E-state index contributed by atoms with van der Waals surface area (Å²) in [5.41, 5.74) is 4.56. The number of rotatable bonds is 3. The highest BCUT2D eigenvalue weighted by molar-refractivity contribution is 5.77. The first-order chi connectivity index (χ1) is 9.79. The van der Waals surface area contributed by atoms with Gasteiger partial charge in [0, 0.05) is 12.6 Å². The van der Waals surface area contributed by atoms with Gasteiger partial charge in [0.1, 0.15) is 11.4 Å². The van der Waals surface area contributed by atoms with Crippen LogP contribution in [-0.4, -0.2) is 22.1 Å². The summed E-state index contributed by atoms with van der Waals surface area (Å²) in [6.07, 6.45) is 7.07. The van der Waals surface area contributed by atoms with Crippen molar-refractivity contribution < 1.29 is 4.74 Å². The predicted molar refractivity (Wildman–Crippen MR) is 79.4 cm³/mol. The molecule has 4 heteroatoms. The van der Waals surface area contributed by atoms with E-state index < -0.39 is 0 Å². The lowest BCUT2D eigenvalue weighted by Crippen LogP contribution is -1.97. The van der Waals surface area contributed by atoms with Gasteiger partial charge in [-0.2, -0.15) is 0 Å². The third kappa shape index (κ3) is 2.33. The third-order valence-electron chi connectivity index (χ3n) is 3.79. The van der Waals surface area contributed by atoms with E-state index in [9.17, 15) is 0 Å². The van der Waals surface area contributed by atoms with Gasteiger partial charge in [-0.25, -0.2) is 4.68 Å². The molecule has 1 aliphatic carbocycles. The summed E-state index contributed by atoms with van der Waals surface area (Å²) in [6.45, 7) is 0. The summed E-state index contributed by atoms with van der Waals surface area (Å²) in [6, 6.07) is 8.07. The molecule has 0 N–H and O–H groups in total. The van der Waals surface area contributed by atoms with Crippen molar-refractivity contribution in [3.8, 4) is 17.0 Å². The van der Waals surface area contributed by atoms with Crippen LogP contribution in [0.2, 0.25) is 0 Å². The zero-order valence-electron chi connectivity index (χ0n) is 12.0. The summed E-state index contributed by atoms with van der Waals surface area (Å²) in [5.74, 6) is 0.863. The van der Waals surface area contributed by atoms with E-state index in [2.05, 4.69) is 28.5 Å². The molecule has 104 valence electrons. The Morgan fingerprint density at radius 2 is 1.95 bits per heavy atom. The lowest BCUT2D eigenvalue weighted by atomic mass is 9.94. The van der Waals surface area contributed by atoms with Crippen molar-refractivity contribution >= 4 is 5.57 Å². The topological polar surface area (TPSA) is 39.9 Å². The molecule has 0 unspecified atom stereocenters. The van der Waals surface area contributed by atoms with Crippen molar-refractivity contribution in [1.82, 2.24) is 15.0 Å². The minimum Gasteiger partial charge on any atom is -0.497 e. The SMILES string of the molecule is COc1ccc(-c2c(C3=CCCCC3)nnn2C)cc1. The molecule has 2 aromatic rings. The Hall–Kier alpha value is -2.10. The number of allylic oxidation sites excluding steroid dienone is 2. The van der Waals surface area contributed by atoms with Gasteiger partial charge in [-0.15, -0.1) is 5.10 Å². The molecule has 1 aromatic heterocycles. The first-order valence-corrected chi connectivity index (χ1v) is 7.03. The summed E-state index contributed by atoms with van der Waals surface area (Å²) in [5, 5.41) is 8.58. The van der Waals surface area contributed by atoms with Gasteiger partial charge in [0.2, 0.25) is 0 Å². The van der Waals surface area contributed by atoms with Gasteiger partial charge in [0.05, 0.1) is 12.8 Å². The lowest BCUT2D eigenvalue weighted by Gasteiger charge is -2.12. The lowest BCUT2D eigenvalue weighted by molar-refractivity contribution is 0.415. The molecule has 0 fully saturated rings. The number of ether oxygens (including phenoxy) is 1. The molecule has 0 radical (unpaired) electrons. The second-order valence-electron chi connectivity index (χ2n) is 5.11. The maximum atomic E-state index is 5.21. The molecule has 0 aliphatic heterocycles. The fourth-order valence-corrected chi connectivity index (χ4v) is 2.70. The molecule has 4 nitrogen and oxygen atoms in total. The molecule has 0 bridgehead atoms. The first-order valence-electron chi connectivity index (χ1n) is 7.03. The smallest absolute Gasteiger partial charge is 0.118 e. The average Bonchev–Trinajstić information content (AvgIpc) is 2.90. The zero-order chi connectivity index (χ0) is 13.9. The number of aryl methyl sites for hydroxylation is 1. The summed E-state index contributed by atoms with van der Waals surface area (Å²) >= 11 is 0. The third-order valence-corrected chi connectivity index (χ3v) is 3.79. The van der Waals surface area contributed by atoms with Crippen LogP contribution in [0.4, 0.5) is 0 Å². The predicted octanol–water partition coefficient (Wildman–Crippen LogP) is 3.45. The van der Waals surface area contributed by atoms with Crippen LogP contribution in [0.15, 0.2) is 30.3 Å². The molecule has 0 amide bonds. The van der Waals surface area contributed by atoms with E-state index in [1.807, 2.05) is 23.9 Å². The van der Waals surface area contributed by atoms with Crippen molar-refractivity contribution in [3.05, 3.63) is 36.0 Å². The molecule has 1 aromatic carbocycles. The fraction of sp³-hybridized carbons (Fsp3) is 0.375. The van der Waals surface area contributed by atoms with Crippen LogP contribution in [0.3, 0.4) is 0 Å². The van der Waals surface area contributed by atoms with Crippen molar-refractivity contribution in [1.29, 1.82) is 0 Å². The standard InChI is InChI=1S/C16H19N3O/c1-19-16(13-8-10-14(20-2)11-9-13)15(17-18-19)12-6-4-3-5-7-12/h6,8-11H,3-5,7H2,1-2H3. The first kappa shape index (κ1) is 12.9. The number of nitrogens with zero attached hydrogens (tertiary/aromatic N) is 3. The highest BCUT2D eigenvalue weighted by atomic mass is 16.5. The molecule has 3 rings (SSSR count). The number of benzene rings is 1. The number of aromatic nitrogens is 3. The molecule has 0 atom stereocenters. The quantitative estimate of drug-likeness (QED) is 0.856. The Labute approximate surface area is 119 Å². The van der Waals surface area contributed by atoms with Crippen molar-refractivity contribution in [2.75, 3.05) is 7.11 Å². The average molecular weight is 269 g/mol. The second kappa shape index (κ2) is 5.49. The van der Waals surface area contributed by atoms with E-state index in [4.69, 9.17) is 4.74 Å². The number of hydrogen-bond donors (Lipinski definition) is 0. The minimum absolute atomic E-state index is 0.863. The largest absolute Gasteiger partial charge is 0.497 e. The van der Waals surface area contributed by atoms with Gasteiger partial charge in [-0.1, -0.05) is 11.3 Å². The summed E-state index contributed by atoms with van der Waals surface area (Å²) in [7, 11) is 3.62. The maximum absolute atomic E-state index is 5.21. The van der Waals surface area contributed by atoms with E-state index in [-0.39, 0.29) is 0 Å². The van der Waals surface area contributed by atoms with E-state index in [0.29, 0.717) is 0 Å². The van der Waals surface area contributed by atoms with Crippen LogP contribution in [0.25, 0.3) is 16.8 Å². The van der Waals surface area contributed by atoms with Gasteiger partial charge < -0.3 is 4.74 Å². The summed E-state index contributed by atoms with van der Waals surface area (Å²) < 4.78 is 7.07. The van der Waals surface area contributed by atoms with E-state index in [1.165, 1.54) is 18.4 Å². The summed E-state index contributed by atoms with van der Waals surface area (Å²) in [4.78, 5) is 0. The van der Waals surface area contributed by atoms with Crippen molar-refractivity contribution in [2.24, 2.45) is 7.05 Å². The van der Waals surface area contributed by atoms with Crippen LogP contribution < -0.4 is 4.74 Å². The van der Waals surface area contributed by atoms with Crippen LogP contribution in [0.1, 0.15) is 31.4 Å². The Bertz CT molecular complexity index is 626. The Balaban J connectivity index is 2.03. The Morgan fingerprint density at radius 3 is 2.60 bits per heavy atom. The molecule has 1 aliphatic rings. The molecule has 20 heavy (non-hydrogen) atoms. The minimum atomic E-state index is 0.863. The van der Waals surface area contributed by atoms with Gasteiger partial charge in [0.25, 0.3) is 0 Å². The van der Waals surface area contributed by atoms with Crippen LogP contribution in [-0.2, 0) is 7.05 Å². The maximum Gasteiger partial charge on any atom is 0.118 e. The molecule has 0 saturated heterocycles. The zero-order valence-corrected chi connectivity index (χ0v) is 12.0. The highest BCUT2D eigenvalue weighted by Gasteiger charge is 2.17. The molecule has 0 saturated carbocycles. The van der Waals surface area contributed by atoms with Crippen LogP contribution >= 0.6 is 0 Å². The highest BCUT2D eigenvalue weighted by Crippen LogP contribution is 2.32. The Kier molecular flexibility index (Phi) is 3.54. The molecular weight excluding hydrogens is 250 g/mol. The molecule has 1 heterocycles. The van der Waals surface area contributed by atoms with Gasteiger partial charge in [0.15, 0.2) is 0 Å². The number of hydrogen-bond acceptors (Lipinski definition) is 3. The second-order valence-corrected chi connectivity index (χ2v) is 5.11. The van der Waals surface area contributed by atoms with E-state index >= 15 is 0 Å². The molecule has 0 spiro atoms. The normalized spacial score (nSPS) is 15.0. The Morgan fingerprint density at radius 1 is 1.15 bits per heavy atom. The van der Waals surface area contributed by atoms with Gasteiger partial charge in [-0.3, -0.25) is 0 Å². The number of methoxy groups -OCH3 is 1. The van der Waals surface area contributed by atoms with E-state index in [1.54, 1.807) is 7.11 Å². The monoisotopic (exact) mass is 269 g/mol. The van der Waals surface area contributed by atoms with Crippen molar-refractivity contribution in [2.45, 2.75) is 25.7 Å². The van der Waals surface area contributed by atoms with E-state index in [0.717, 1.165) is 35.5 Å². The van der Waals surface area contributed by atoms with Crippen LogP contribution in [0.5, 0.6) is 5.75 Å². The van der Waals surface area contributed by atoms with Gasteiger partial charge >= 0.3 is 0 Å². The van der Waals surface area contributed by atoms with Gasteiger partial charge in [-0.05, 0) is 55.5 Å². The van der Waals surface area contributed by atoms with Crippen molar-refractivity contribution in [3.63, 3.8) is 0 Å².